The molecule has 4 aromatic rings. The van der Waals surface area contributed by atoms with Crippen LogP contribution in [0.25, 0.3) is 22.2 Å². The van der Waals surface area contributed by atoms with Crippen LogP contribution in [0.3, 0.4) is 0 Å². The molecule has 2 N–H and O–H groups in total. The summed E-state index contributed by atoms with van der Waals surface area (Å²) in [4.78, 5) is 12.3. The number of rotatable bonds is 4. The van der Waals surface area contributed by atoms with E-state index >= 15 is 0 Å². The standard InChI is InChI=1S/C18H16BrN5O4S/c1-23-15(25)9-24(18(23)26)8-11-4-3-10(7-14(11)29(2,27)28)12-5-6-13-17(16(12)19)21-22-20-13/h3-7,9,25H,8H2,1-2H3,(H,20,21,22). The lowest BCUT2D eigenvalue weighted by Crippen LogP contribution is -2.23. The van der Waals surface area contributed by atoms with Crippen LogP contribution >= 0.6 is 15.9 Å². The van der Waals surface area contributed by atoms with Crippen molar-refractivity contribution in [2.45, 2.75) is 11.4 Å². The lowest BCUT2D eigenvalue weighted by molar-refractivity contribution is 0.429. The minimum atomic E-state index is -3.58. The second kappa shape index (κ2) is 6.85. The molecule has 0 bridgehead atoms. The highest BCUT2D eigenvalue weighted by molar-refractivity contribution is 9.10. The molecule has 0 spiro atoms. The van der Waals surface area contributed by atoms with E-state index < -0.39 is 15.5 Å². The summed E-state index contributed by atoms with van der Waals surface area (Å²) in [5, 5.41) is 20.4. The van der Waals surface area contributed by atoms with Crippen LogP contribution in [0.1, 0.15) is 5.56 Å². The molecule has 0 unspecified atom stereocenters. The molecule has 0 fully saturated rings. The average molecular weight is 478 g/mol. The minimum Gasteiger partial charge on any atom is -0.493 e. The number of hydrogen-bond donors (Lipinski definition) is 2. The summed E-state index contributed by atoms with van der Waals surface area (Å²) < 4.78 is 28.0. The zero-order chi connectivity index (χ0) is 20.9. The van der Waals surface area contributed by atoms with Gasteiger partial charge in [-0.25, -0.2) is 13.2 Å². The number of aromatic hydroxyl groups is 1. The summed E-state index contributed by atoms with van der Waals surface area (Å²) >= 11 is 3.52. The fraction of sp³-hybridized carbons (Fsp3) is 0.167. The lowest BCUT2D eigenvalue weighted by Gasteiger charge is -2.12. The quantitative estimate of drug-likeness (QED) is 0.463. The van der Waals surface area contributed by atoms with E-state index in [1.54, 1.807) is 24.3 Å². The molecule has 9 nitrogen and oxygen atoms in total. The van der Waals surface area contributed by atoms with Crippen molar-refractivity contribution in [2.75, 3.05) is 6.26 Å². The van der Waals surface area contributed by atoms with Crippen molar-refractivity contribution in [2.24, 2.45) is 7.05 Å². The molecule has 29 heavy (non-hydrogen) atoms. The number of aromatic amines is 1. The maximum atomic E-state index is 12.5. The first kappa shape index (κ1) is 19.4. The summed E-state index contributed by atoms with van der Waals surface area (Å²) in [5.41, 5.74) is 2.77. The Bertz CT molecular complexity index is 1420. The van der Waals surface area contributed by atoms with Crippen LogP contribution in [-0.4, -0.2) is 44.3 Å². The van der Waals surface area contributed by atoms with Crippen molar-refractivity contribution in [3.05, 3.63) is 57.0 Å². The molecule has 150 valence electrons. The Hall–Kier alpha value is -2.92. The maximum Gasteiger partial charge on any atom is 0.331 e. The van der Waals surface area contributed by atoms with Gasteiger partial charge < -0.3 is 5.11 Å². The van der Waals surface area contributed by atoms with Crippen LogP contribution in [0.15, 0.2) is 50.7 Å². The van der Waals surface area contributed by atoms with Gasteiger partial charge in [-0.05, 0) is 44.8 Å². The number of imidazole rings is 1. The number of aromatic nitrogens is 5. The predicted molar refractivity (Wildman–Crippen MR) is 111 cm³/mol. The largest absolute Gasteiger partial charge is 0.493 e. The van der Waals surface area contributed by atoms with Gasteiger partial charge in [0.1, 0.15) is 11.0 Å². The topological polar surface area (TPSA) is 123 Å². The van der Waals surface area contributed by atoms with E-state index in [9.17, 15) is 18.3 Å². The first-order valence-corrected chi connectivity index (χ1v) is 11.1. The summed E-state index contributed by atoms with van der Waals surface area (Å²) in [5.74, 6) is -0.197. The lowest BCUT2D eigenvalue weighted by atomic mass is 10.0. The molecule has 2 aromatic carbocycles. The van der Waals surface area contributed by atoms with Gasteiger partial charge in [0.05, 0.1) is 22.1 Å². The SMILES string of the molecule is Cn1c(O)cn(Cc2ccc(-c3ccc4n[nH]nc4c3Br)cc2S(C)(=O)=O)c1=O. The third-order valence-corrected chi connectivity index (χ3v) is 6.67. The van der Waals surface area contributed by atoms with Gasteiger partial charge in [0.2, 0.25) is 5.88 Å². The highest BCUT2D eigenvalue weighted by Crippen LogP contribution is 2.34. The molecule has 2 aromatic heterocycles. The predicted octanol–water partition coefficient (Wildman–Crippen LogP) is 2.04. The summed E-state index contributed by atoms with van der Waals surface area (Å²) in [7, 11) is -2.14. The fourth-order valence-electron chi connectivity index (χ4n) is 3.17. The van der Waals surface area contributed by atoms with Crippen molar-refractivity contribution in [3.8, 4) is 17.0 Å². The Labute approximate surface area is 173 Å². The van der Waals surface area contributed by atoms with Crippen molar-refractivity contribution in [1.29, 1.82) is 0 Å². The van der Waals surface area contributed by atoms with E-state index in [0.717, 1.165) is 16.4 Å². The van der Waals surface area contributed by atoms with Crippen LogP contribution in [-0.2, 0) is 23.4 Å². The number of benzene rings is 2. The van der Waals surface area contributed by atoms with Gasteiger partial charge >= 0.3 is 5.69 Å². The number of fused-ring (bicyclic) bond motifs is 1. The highest BCUT2D eigenvalue weighted by Gasteiger charge is 2.18. The van der Waals surface area contributed by atoms with Crippen LogP contribution in [0.5, 0.6) is 5.88 Å². The van der Waals surface area contributed by atoms with Gasteiger partial charge in [-0.15, -0.1) is 0 Å². The van der Waals surface area contributed by atoms with Crippen molar-refractivity contribution in [3.63, 3.8) is 0 Å². The van der Waals surface area contributed by atoms with Crippen molar-refractivity contribution in [1.82, 2.24) is 24.5 Å². The smallest absolute Gasteiger partial charge is 0.331 e. The molecule has 0 aliphatic rings. The van der Waals surface area contributed by atoms with E-state index in [4.69, 9.17) is 0 Å². The zero-order valence-corrected chi connectivity index (χ0v) is 17.8. The summed E-state index contributed by atoms with van der Waals surface area (Å²) in [6.45, 7) is 0.0133. The van der Waals surface area contributed by atoms with Crippen LogP contribution in [0, 0.1) is 0 Å². The monoisotopic (exact) mass is 477 g/mol. The van der Waals surface area contributed by atoms with E-state index in [1.165, 1.54) is 17.8 Å². The third kappa shape index (κ3) is 3.36. The zero-order valence-electron chi connectivity index (χ0n) is 15.4. The molecule has 0 aliphatic carbocycles. The van der Waals surface area contributed by atoms with Gasteiger partial charge in [0.25, 0.3) is 0 Å². The van der Waals surface area contributed by atoms with E-state index in [0.29, 0.717) is 26.6 Å². The Morgan fingerprint density at radius 3 is 2.62 bits per heavy atom. The van der Waals surface area contributed by atoms with Gasteiger partial charge in [0, 0.05) is 13.3 Å². The Morgan fingerprint density at radius 2 is 1.97 bits per heavy atom. The first-order chi connectivity index (χ1) is 13.7. The summed E-state index contributed by atoms with van der Waals surface area (Å²) in [6, 6.07) is 8.64. The number of sulfone groups is 1. The van der Waals surface area contributed by atoms with Gasteiger partial charge in [-0.1, -0.05) is 18.2 Å². The molecule has 4 rings (SSSR count). The Balaban J connectivity index is 1.85. The molecule has 0 amide bonds. The molecule has 0 aliphatic heterocycles. The van der Waals surface area contributed by atoms with E-state index in [2.05, 4.69) is 31.3 Å². The number of nitrogens with one attached hydrogen (secondary N) is 1. The molecule has 0 saturated heterocycles. The molecule has 11 heteroatoms. The van der Waals surface area contributed by atoms with Gasteiger partial charge in [-0.2, -0.15) is 15.4 Å². The molecule has 0 saturated carbocycles. The van der Waals surface area contributed by atoms with E-state index in [1.807, 2.05) is 6.07 Å². The maximum absolute atomic E-state index is 12.5. The van der Waals surface area contributed by atoms with Crippen LogP contribution < -0.4 is 5.69 Å². The molecule has 0 radical (unpaired) electrons. The first-order valence-electron chi connectivity index (χ1n) is 8.44. The number of nitrogens with zero attached hydrogens (tertiary/aromatic N) is 4. The normalized spacial score (nSPS) is 12.0. The number of halogens is 1. The second-order valence-corrected chi connectivity index (χ2v) is 9.45. The van der Waals surface area contributed by atoms with Crippen molar-refractivity contribution < 1.29 is 13.5 Å². The highest BCUT2D eigenvalue weighted by atomic mass is 79.9. The number of hydrogen-bond acceptors (Lipinski definition) is 6. The minimum absolute atomic E-state index is 0.0133. The van der Waals surface area contributed by atoms with E-state index in [-0.39, 0.29) is 17.3 Å². The molecule has 2 heterocycles. The molecule has 0 atom stereocenters. The number of H-pyrrole nitrogens is 1. The van der Waals surface area contributed by atoms with Crippen LogP contribution in [0.2, 0.25) is 0 Å². The van der Waals surface area contributed by atoms with Crippen LogP contribution in [0.4, 0.5) is 0 Å². The fourth-order valence-corrected chi connectivity index (χ4v) is 4.77. The summed E-state index contributed by atoms with van der Waals surface area (Å²) in [6.07, 6.45) is 2.40. The van der Waals surface area contributed by atoms with Crippen molar-refractivity contribution >= 4 is 36.8 Å². The average Bonchev–Trinajstić information content (AvgIpc) is 3.23. The Morgan fingerprint density at radius 1 is 1.21 bits per heavy atom. The second-order valence-electron chi connectivity index (χ2n) is 6.67. The van der Waals surface area contributed by atoms with Gasteiger partial charge in [-0.3, -0.25) is 9.13 Å². The van der Waals surface area contributed by atoms with Gasteiger partial charge in [0.15, 0.2) is 9.84 Å². The Kier molecular flexibility index (Phi) is 4.58. The molecular weight excluding hydrogens is 462 g/mol. The third-order valence-electron chi connectivity index (χ3n) is 4.69. The molecular formula is C18H16BrN5O4S.